The van der Waals surface area contributed by atoms with Gasteiger partial charge in [-0.25, -0.2) is 0 Å². The number of nitrogens with one attached hydrogen (secondary N) is 4. The Balaban J connectivity index is 1.28. The lowest BCUT2D eigenvalue weighted by Gasteiger charge is -2.28. The highest BCUT2D eigenvalue weighted by atomic mass is 16.2. The Kier molecular flexibility index (Phi) is 8.74. The summed E-state index contributed by atoms with van der Waals surface area (Å²) in [7, 11) is 0. The van der Waals surface area contributed by atoms with E-state index in [1.807, 2.05) is 12.2 Å². The molecule has 4 N–H and O–H groups in total. The summed E-state index contributed by atoms with van der Waals surface area (Å²) >= 11 is 0. The van der Waals surface area contributed by atoms with Crippen LogP contribution in [0.15, 0.2) is 72.3 Å². The first kappa shape index (κ1) is 27.4. The predicted molar refractivity (Wildman–Crippen MR) is 153 cm³/mol. The van der Waals surface area contributed by atoms with E-state index in [2.05, 4.69) is 27.3 Å². The van der Waals surface area contributed by atoms with Gasteiger partial charge in [0.05, 0.1) is 0 Å². The Labute approximate surface area is 234 Å². The zero-order chi connectivity index (χ0) is 27.9. The molecule has 6 aliphatic rings. The van der Waals surface area contributed by atoms with Crippen molar-refractivity contribution in [1.29, 1.82) is 0 Å². The maximum Gasteiger partial charge on any atom is 0.251 e. The number of hydrogen-bond acceptors (Lipinski definition) is 4. The van der Waals surface area contributed by atoms with Crippen LogP contribution in [0.5, 0.6) is 0 Å². The summed E-state index contributed by atoms with van der Waals surface area (Å²) in [6.07, 6.45) is 10.7. The van der Waals surface area contributed by atoms with Gasteiger partial charge in [-0.15, -0.1) is 0 Å². The normalized spacial score (nSPS) is 24.4. The molecular formula is C32H36N4O4. The summed E-state index contributed by atoms with van der Waals surface area (Å²) < 4.78 is 0. The number of hydrogen-bond donors (Lipinski definition) is 4. The number of rotatable bonds is 0. The van der Waals surface area contributed by atoms with Crippen LogP contribution < -0.4 is 21.3 Å². The molecular weight excluding hydrogens is 504 g/mol. The Bertz CT molecular complexity index is 1340. The molecule has 40 heavy (non-hydrogen) atoms. The van der Waals surface area contributed by atoms with Crippen molar-refractivity contribution in [2.75, 3.05) is 26.2 Å². The molecule has 0 unspecified atom stereocenters. The van der Waals surface area contributed by atoms with E-state index in [0.29, 0.717) is 60.3 Å². The van der Waals surface area contributed by atoms with E-state index in [1.165, 1.54) is 0 Å². The lowest BCUT2D eigenvalue weighted by atomic mass is 9.82. The van der Waals surface area contributed by atoms with Gasteiger partial charge in [0, 0.05) is 48.4 Å². The first-order valence-electron chi connectivity index (χ1n) is 14.1. The molecule has 4 heterocycles. The Morgan fingerprint density at radius 2 is 1.02 bits per heavy atom. The highest BCUT2D eigenvalue weighted by Crippen LogP contribution is 2.28. The van der Waals surface area contributed by atoms with Crippen LogP contribution in [-0.2, 0) is 0 Å². The maximum absolute atomic E-state index is 12.8. The SMILES string of the molecule is O=C1NCC2=CC[C@H](C=C2)CNC(=O)c2cccc(c2)C(=O)NCC2CCC(CC2)CNC(=O)c2cccc1c2. The molecule has 8 heteroatoms. The van der Waals surface area contributed by atoms with E-state index in [9.17, 15) is 19.2 Å². The minimum atomic E-state index is -0.229. The predicted octanol–water partition coefficient (Wildman–Crippen LogP) is 3.63. The molecule has 8 rings (SSSR count). The molecule has 0 aromatic heterocycles. The second kappa shape index (κ2) is 12.8. The van der Waals surface area contributed by atoms with Crippen molar-refractivity contribution in [1.82, 2.24) is 21.3 Å². The van der Waals surface area contributed by atoms with Gasteiger partial charge in [-0.1, -0.05) is 30.4 Å². The monoisotopic (exact) mass is 540 g/mol. The first-order chi connectivity index (χ1) is 19.4. The van der Waals surface area contributed by atoms with Crippen LogP contribution in [-0.4, -0.2) is 49.8 Å². The number of allylic oxidation sites excluding steroid dienone is 1. The lowest BCUT2D eigenvalue weighted by molar-refractivity contribution is 0.0921. The maximum atomic E-state index is 12.8. The molecule has 0 radical (unpaired) electrons. The fourth-order valence-corrected chi connectivity index (χ4v) is 5.52. The minimum Gasteiger partial charge on any atom is -0.352 e. The topological polar surface area (TPSA) is 116 Å². The molecule has 1 saturated carbocycles. The molecule has 0 spiro atoms. The molecule has 8 bridgehead atoms. The second-order valence-electron chi connectivity index (χ2n) is 11.0. The summed E-state index contributed by atoms with van der Waals surface area (Å²) in [6, 6.07) is 13.6. The highest BCUT2D eigenvalue weighted by molar-refractivity contribution is 6.00. The van der Waals surface area contributed by atoms with Gasteiger partial charge in [-0.2, -0.15) is 0 Å². The van der Waals surface area contributed by atoms with E-state index in [4.69, 9.17) is 0 Å². The quantitative estimate of drug-likeness (QED) is 0.408. The van der Waals surface area contributed by atoms with Gasteiger partial charge in [0.25, 0.3) is 23.6 Å². The standard InChI is InChI=1S/C32H36N4O4/c37-29-25-3-1-4-26(15-25)30(38)34-18-22-9-13-24(14-10-22)20-36-32(40)28-6-2-5-27(16-28)31(39)35-19-23-11-7-21(8-12-23)17-33-29/h1-8,11,15-16,22-24H,9-10,12-14,17-20H2,(H,33,37)(H,34,38)(H,35,39)(H,36,40)/t22?,23-,24?/m0/s1. The van der Waals surface area contributed by atoms with Gasteiger partial charge in [-0.3, -0.25) is 19.2 Å². The molecule has 2 aliphatic carbocycles. The van der Waals surface area contributed by atoms with Crippen molar-refractivity contribution in [3.8, 4) is 0 Å². The number of carbonyl (C=O) groups excluding carboxylic acids is 4. The Morgan fingerprint density at radius 3 is 1.48 bits per heavy atom. The van der Waals surface area contributed by atoms with Crippen LogP contribution >= 0.6 is 0 Å². The summed E-state index contributed by atoms with van der Waals surface area (Å²) in [4.78, 5) is 51.2. The van der Waals surface area contributed by atoms with Gasteiger partial charge in [-0.05, 0) is 91.8 Å². The fourth-order valence-electron chi connectivity index (χ4n) is 5.52. The average Bonchev–Trinajstić information content (AvgIpc) is 3.00. The van der Waals surface area contributed by atoms with E-state index in [0.717, 1.165) is 37.7 Å². The van der Waals surface area contributed by atoms with Crippen molar-refractivity contribution in [3.63, 3.8) is 0 Å². The van der Waals surface area contributed by atoms with E-state index in [1.54, 1.807) is 48.5 Å². The fraction of sp³-hybridized carbons (Fsp3) is 0.375. The lowest BCUT2D eigenvalue weighted by Crippen LogP contribution is -2.35. The molecule has 4 amide bonds. The number of amides is 4. The van der Waals surface area contributed by atoms with E-state index >= 15 is 0 Å². The number of benzene rings is 2. The summed E-state index contributed by atoms with van der Waals surface area (Å²) in [6.45, 7) is 2.03. The van der Waals surface area contributed by atoms with Crippen LogP contribution in [0.1, 0.15) is 73.5 Å². The summed E-state index contributed by atoms with van der Waals surface area (Å²) in [5.74, 6) is 0.114. The smallest absolute Gasteiger partial charge is 0.251 e. The van der Waals surface area contributed by atoms with Crippen molar-refractivity contribution in [3.05, 3.63) is 94.6 Å². The number of carbonyl (C=O) groups is 4. The van der Waals surface area contributed by atoms with Gasteiger partial charge < -0.3 is 21.3 Å². The molecule has 2 aromatic carbocycles. The van der Waals surface area contributed by atoms with Gasteiger partial charge in [0.15, 0.2) is 0 Å². The largest absolute Gasteiger partial charge is 0.352 e. The third-order valence-corrected chi connectivity index (χ3v) is 8.09. The average molecular weight is 541 g/mol. The zero-order valence-corrected chi connectivity index (χ0v) is 22.6. The van der Waals surface area contributed by atoms with Crippen molar-refractivity contribution < 1.29 is 19.2 Å². The van der Waals surface area contributed by atoms with Crippen molar-refractivity contribution in [2.45, 2.75) is 32.1 Å². The van der Waals surface area contributed by atoms with Crippen molar-refractivity contribution in [2.24, 2.45) is 17.8 Å². The minimum absolute atomic E-state index is 0.138. The van der Waals surface area contributed by atoms with Gasteiger partial charge >= 0.3 is 0 Å². The molecule has 1 fully saturated rings. The van der Waals surface area contributed by atoms with Crippen molar-refractivity contribution >= 4 is 23.6 Å². The molecule has 2 aromatic rings. The van der Waals surface area contributed by atoms with Crippen LogP contribution in [0.4, 0.5) is 0 Å². The summed E-state index contributed by atoms with van der Waals surface area (Å²) in [5, 5.41) is 12.0. The molecule has 4 aliphatic heterocycles. The zero-order valence-electron chi connectivity index (χ0n) is 22.6. The second-order valence-corrected chi connectivity index (χ2v) is 11.0. The van der Waals surface area contributed by atoms with Gasteiger partial charge in [0.2, 0.25) is 0 Å². The molecule has 208 valence electrons. The van der Waals surface area contributed by atoms with Crippen LogP contribution in [0, 0.1) is 17.8 Å². The van der Waals surface area contributed by atoms with E-state index < -0.39 is 0 Å². The van der Waals surface area contributed by atoms with Crippen LogP contribution in [0.25, 0.3) is 0 Å². The molecule has 0 saturated heterocycles. The third kappa shape index (κ3) is 7.05. The summed E-state index contributed by atoms with van der Waals surface area (Å²) in [5.41, 5.74) is 2.83. The first-order valence-corrected chi connectivity index (χ1v) is 14.1. The van der Waals surface area contributed by atoms with Crippen LogP contribution in [0.2, 0.25) is 0 Å². The van der Waals surface area contributed by atoms with Gasteiger partial charge in [0.1, 0.15) is 0 Å². The van der Waals surface area contributed by atoms with E-state index in [-0.39, 0.29) is 29.5 Å². The van der Waals surface area contributed by atoms with Crippen LogP contribution in [0.3, 0.4) is 0 Å². The molecule has 8 nitrogen and oxygen atoms in total. The highest BCUT2D eigenvalue weighted by Gasteiger charge is 2.23. The Hall–Kier alpha value is -4.20. The third-order valence-electron chi connectivity index (χ3n) is 8.09. The molecule has 1 atom stereocenters. The Morgan fingerprint density at radius 1 is 0.575 bits per heavy atom.